The average Bonchev–Trinajstić information content (AvgIpc) is 3.05. The van der Waals surface area contributed by atoms with Gasteiger partial charge < -0.3 is 10.3 Å². The van der Waals surface area contributed by atoms with Gasteiger partial charge in [-0.3, -0.25) is 9.59 Å². The summed E-state index contributed by atoms with van der Waals surface area (Å²) in [4.78, 5) is 34.5. The molecule has 5 nitrogen and oxygen atoms in total. The molecule has 0 bridgehead atoms. The van der Waals surface area contributed by atoms with Gasteiger partial charge in [-0.1, -0.05) is 25.1 Å². The van der Waals surface area contributed by atoms with Crippen molar-refractivity contribution < 1.29 is 4.79 Å². The minimum absolute atomic E-state index is 0.0638. The summed E-state index contributed by atoms with van der Waals surface area (Å²) >= 11 is 1.64. The standard InChI is InChI=1S/C21H23N3O2S/c1-2-13-7-3-5-9-15(13)22-18(25)12-11-17-23-20(26)19-14-8-4-6-10-16(14)27-21(19)24-17/h3,5,7,9H,2,4,6,8,10-12H2,1H3,(H,22,25)(H,23,24,26). The van der Waals surface area contributed by atoms with Crippen LogP contribution < -0.4 is 10.9 Å². The first-order chi connectivity index (χ1) is 13.2. The van der Waals surface area contributed by atoms with Crippen LogP contribution in [0.25, 0.3) is 10.2 Å². The number of aromatic nitrogens is 2. The van der Waals surface area contributed by atoms with Crippen molar-refractivity contribution in [2.75, 3.05) is 5.32 Å². The van der Waals surface area contributed by atoms with E-state index in [-0.39, 0.29) is 17.9 Å². The van der Waals surface area contributed by atoms with Gasteiger partial charge in [0, 0.05) is 23.4 Å². The number of para-hydroxylation sites is 1. The summed E-state index contributed by atoms with van der Waals surface area (Å²) in [5.74, 6) is 0.522. The second-order valence-corrected chi connectivity index (χ2v) is 8.05. The van der Waals surface area contributed by atoms with Crippen molar-refractivity contribution in [3.05, 3.63) is 56.4 Å². The van der Waals surface area contributed by atoms with E-state index in [9.17, 15) is 9.59 Å². The molecule has 1 aromatic carbocycles. The fourth-order valence-corrected chi connectivity index (χ4v) is 5.00. The van der Waals surface area contributed by atoms with Crippen molar-refractivity contribution in [3.63, 3.8) is 0 Å². The molecular formula is C21H23N3O2S. The molecule has 0 aliphatic heterocycles. The lowest BCUT2D eigenvalue weighted by Gasteiger charge is -2.10. The molecule has 0 saturated heterocycles. The molecule has 0 unspecified atom stereocenters. The highest BCUT2D eigenvalue weighted by molar-refractivity contribution is 7.18. The number of aromatic amines is 1. The molecule has 27 heavy (non-hydrogen) atoms. The van der Waals surface area contributed by atoms with Gasteiger partial charge in [0.1, 0.15) is 10.7 Å². The molecule has 3 aromatic rings. The van der Waals surface area contributed by atoms with E-state index in [0.29, 0.717) is 12.2 Å². The minimum Gasteiger partial charge on any atom is -0.326 e. The zero-order valence-corrected chi connectivity index (χ0v) is 16.2. The lowest BCUT2D eigenvalue weighted by atomic mass is 9.97. The van der Waals surface area contributed by atoms with Gasteiger partial charge in [0.25, 0.3) is 5.56 Å². The van der Waals surface area contributed by atoms with Crippen molar-refractivity contribution in [1.29, 1.82) is 0 Å². The van der Waals surface area contributed by atoms with Crippen molar-refractivity contribution in [1.82, 2.24) is 9.97 Å². The monoisotopic (exact) mass is 381 g/mol. The number of amides is 1. The third-order valence-electron chi connectivity index (χ3n) is 5.14. The first-order valence-electron chi connectivity index (χ1n) is 9.57. The molecule has 6 heteroatoms. The van der Waals surface area contributed by atoms with Crippen LogP contribution in [0.5, 0.6) is 0 Å². The zero-order chi connectivity index (χ0) is 18.8. The Balaban J connectivity index is 1.49. The smallest absolute Gasteiger partial charge is 0.259 e. The third-order valence-corrected chi connectivity index (χ3v) is 6.32. The summed E-state index contributed by atoms with van der Waals surface area (Å²) in [6, 6.07) is 7.82. The van der Waals surface area contributed by atoms with E-state index in [4.69, 9.17) is 0 Å². The van der Waals surface area contributed by atoms with E-state index in [1.165, 1.54) is 16.9 Å². The maximum Gasteiger partial charge on any atom is 0.259 e. The fraction of sp³-hybridized carbons (Fsp3) is 0.381. The number of carbonyl (C=O) groups is 1. The maximum atomic E-state index is 12.6. The summed E-state index contributed by atoms with van der Waals surface area (Å²) in [6.45, 7) is 2.06. The molecule has 2 aromatic heterocycles. The van der Waals surface area contributed by atoms with Crippen molar-refractivity contribution in [3.8, 4) is 0 Å². The molecule has 0 spiro atoms. The first-order valence-corrected chi connectivity index (χ1v) is 10.4. The van der Waals surface area contributed by atoms with Crippen molar-refractivity contribution in [2.24, 2.45) is 0 Å². The molecule has 1 amide bonds. The van der Waals surface area contributed by atoms with Gasteiger partial charge >= 0.3 is 0 Å². The van der Waals surface area contributed by atoms with Crippen LogP contribution in [0.4, 0.5) is 5.69 Å². The van der Waals surface area contributed by atoms with Crippen LogP contribution in [0.15, 0.2) is 29.1 Å². The van der Waals surface area contributed by atoms with E-state index in [1.54, 1.807) is 11.3 Å². The lowest BCUT2D eigenvalue weighted by molar-refractivity contribution is -0.116. The number of rotatable bonds is 5. The molecule has 1 aliphatic carbocycles. The highest BCUT2D eigenvalue weighted by Gasteiger charge is 2.19. The van der Waals surface area contributed by atoms with E-state index >= 15 is 0 Å². The number of anilines is 1. The largest absolute Gasteiger partial charge is 0.326 e. The Kier molecular flexibility index (Phi) is 5.07. The highest BCUT2D eigenvalue weighted by atomic mass is 32.1. The second kappa shape index (κ2) is 7.64. The van der Waals surface area contributed by atoms with Gasteiger partial charge in [-0.2, -0.15) is 0 Å². The van der Waals surface area contributed by atoms with Gasteiger partial charge in [-0.15, -0.1) is 11.3 Å². The maximum absolute atomic E-state index is 12.6. The van der Waals surface area contributed by atoms with Crippen LogP contribution in [0, 0.1) is 0 Å². The van der Waals surface area contributed by atoms with Gasteiger partial charge in [0.2, 0.25) is 5.91 Å². The minimum atomic E-state index is -0.0656. The number of nitrogens with zero attached hydrogens (tertiary/aromatic N) is 1. The molecular weight excluding hydrogens is 358 g/mol. The van der Waals surface area contributed by atoms with Crippen LogP contribution >= 0.6 is 11.3 Å². The number of carbonyl (C=O) groups excluding carboxylic acids is 1. The normalized spacial score (nSPS) is 13.5. The molecule has 4 rings (SSSR count). The Labute approximate surface area is 161 Å². The Morgan fingerprint density at radius 2 is 2.07 bits per heavy atom. The van der Waals surface area contributed by atoms with Gasteiger partial charge in [-0.25, -0.2) is 4.98 Å². The molecule has 2 N–H and O–H groups in total. The van der Waals surface area contributed by atoms with Gasteiger partial charge in [0.15, 0.2) is 0 Å². The quantitative estimate of drug-likeness (QED) is 0.701. The van der Waals surface area contributed by atoms with Crippen LogP contribution in [0.1, 0.15) is 48.0 Å². The number of thiophene rings is 1. The number of hydrogen-bond acceptors (Lipinski definition) is 4. The lowest BCUT2D eigenvalue weighted by Crippen LogP contribution is -2.17. The summed E-state index contributed by atoms with van der Waals surface area (Å²) < 4.78 is 0. The molecule has 0 saturated carbocycles. The molecule has 0 radical (unpaired) electrons. The van der Waals surface area contributed by atoms with Crippen LogP contribution in [0.2, 0.25) is 0 Å². The van der Waals surface area contributed by atoms with E-state index in [2.05, 4.69) is 22.2 Å². The summed E-state index contributed by atoms with van der Waals surface area (Å²) in [5.41, 5.74) is 3.09. The molecule has 0 fully saturated rings. The summed E-state index contributed by atoms with van der Waals surface area (Å²) in [7, 11) is 0. The number of hydrogen-bond donors (Lipinski definition) is 2. The molecule has 140 valence electrons. The number of H-pyrrole nitrogens is 1. The average molecular weight is 382 g/mol. The number of fused-ring (bicyclic) bond motifs is 3. The first kappa shape index (κ1) is 17.9. The SMILES string of the molecule is CCc1ccccc1NC(=O)CCc1nc2sc3c(c2c(=O)[nH]1)CCCC3. The number of nitrogens with one attached hydrogen (secondary N) is 2. The molecule has 2 heterocycles. The summed E-state index contributed by atoms with van der Waals surface area (Å²) in [6.07, 6.45) is 5.92. The Hall–Kier alpha value is -2.47. The zero-order valence-electron chi connectivity index (χ0n) is 15.4. The van der Waals surface area contributed by atoms with Gasteiger partial charge in [0.05, 0.1) is 5.39 Å². The van der Waals surface area contributed by atoms with Crippen LogP contribution in [-0.4, -0.2) is 15.9 Å². The topological polar surface area (TPSA) is 74.8 Å². The second-order valence-electron chi connectivity index (χ2n) is 6.96. The Bertz CT molecular complexity index is 1050. The number of aryl methyl sites for hydroxylation is 4. The number of benzene rings is 1. The molecule has 1 aliphatic rings. The third kappa shape index (κ3) is 3.67. The van der Waals surface area contributed by atoms with Crippen molar-refractivity contribution >= 4 is 33.1 Å². The van der Waals surface area contributed by atoms with E-state index in [1.807, 2.05) is 24.3 Å². The summed E-state index contributed by atoms with van der Waals surface area (Å²) in [5, 5.41) is 3.73. The predicted octanol–water partition coefficient (Wildman–Crippen LogP) is 4.00. The molecule has 0 atom stereocenters. The van der Waals surface area contributed by atoms with E-state index < -0.39 is 0 Å². The fourth-order valence-electron chi connectivity index (χ4n) is 3.72. The highest BCUT2D eigenvalue weighted by Crippen LogP contribution is 2.33. The Morgan fingerprint density at radius 3 is 2.93 bits per heavy atom. The van der Waals surface area contributed by atoms with Crippen molar-refractivity contribution in [2.45, 2.75) is 51.9 Å². The Morgan fingerprint density at radius 1 is 1.26 bits per heavy atom. The van der Waals surface area contributed by atoms with Gasteiger partial charge in [-0.05, 0) is 49.3 Å². The van der Waals surface area contributed by atoms with Crippen LogP contribution in [0.3, 0.4) is 0 Å². The van der Waals surface area contributed by atoms with Crippen LogP contribution in [-0.2, 0) is 30.5 Å². The predicted molar refractivity (Wildman–Crippen MR) is 110 cm³/mol. The van der Waals surface area contributed by atoms with E-state index in [0.717, 1.165) is 47.2 Å².